The van der Waals surface area contributed by atoms with Crippen LogP contribution in [0.25, 0.3) is 0 Å². The van der Waals surface area contributed by atoms with Crippen molar-refractivity contribution in [3.63, 3.8) is 0 Å². The van der Waals surface area contributed by atoms with Crippen LogP contribution in [0.3, 0.4) is 0 Å². The van der Waals surface area contributed by atoms with Gasteiger partial charge in [0.15, 0.2) is 11.5 Å². The third-order valence-corrected chi connectivity index (χ3v) is 4.53. The molecule has 1 fully saturated rings. The van der Waals surface area contributed by atoms with Crippen LogP contribution in [0.2, 0.25) is 0 Å². The van der Waals surface area contributed by atoms with Crippen molar-refractivity contribution in [2.24, 2.45) is 5.92 Å². The third kappa shape index (κ3) is 6.09. The smallest absolute Gasteiger partial charge is 0.161 e. The molecule has 3 rings (SSSR count). The molecule has 1 aliphatic carbocycles. The average molecular weight is 340 g/mol. The maximum atomic E-state index is 6.02. The Morgan fingerprint density at radius 2 is 1.72 bits per heavy atom. The Morgan fingerprint density at radius 1 is 0.880 bits per heavy atom. The van der Waals surface area contributed by atoms with Crippen LogP contribution in [-0.4, -0.2) is 20.3 Å². The summed E-state index contributed by atoms with van der Waals surface area (Å²) in [5, 5.41) is 0. The summed E-state index contributed by atoms with van der Waals surface area (Å²) in [6, 6.07) is 16.6. The second-order valence-electron chi connectivity index (χ2n) is 6.73. The van der Waals surface area contributed by atoms with Crippen molar-refractivity contribution in [1.29, 1.82) is 0 Å². The van der Waals surface area contributed by atoms with Crippen LogP contribution in [-0.2, 0) is 17.8 Å². The zero-order chi connectivity index (χ0) is 17.3. The minimum absolute atomic E-state index is 0.552. The van der Waals surface area contributed by atoms with Gasteiger partial charge in [-0.05, 0) is 42.0 Å². The Morgan fingerprint density at radius 3 is 2.48 bits per heavy atom. The maximum absolute atomic E-state index is 6.02. The molecule has 0 aromatic heterocycles. The Labute approximate surface area is 150 Å². The normalized spacial score (nSPS) is 13.6. The second-order valence-corrected chi connectivity index (χ2v) is 6.73. The summed E-state index contributed by atoms with van der Waals surface area (Å²) in [6.45, 7) is 1.90. The summed E-state index contributed by atoms with van der Waals surface area (Å²) >= 11 is 0. The summed E-state index contributed by atoms with van der Waals surface area (Å²) < 4.78 is 17.1. The summed E-state index contributed by atoms with van der Waals surface area (Å²) in [7, 11) is 1.72. The fraction of sp³-hybridized carbons (Fsp3) is 0.455. The molecule has 0 amide bonds. The number of rotatable bonds is 11. The van der Waals surface area contributed by atoms with E-state index in [9.17, 15) is 0 Å². The Bertz CT molecular complexity index is 635. The van der Waals surface area contributed by atoms with Gasteiger partial charge in [-0.15, -0.1) is 0 Å². The molecule has 0 N–H and O–H groups in total. The molecule has 0 unspecified atom stereocenters. The number of methoxy groups -OCH3 is 1. The molecule has 0 aliphatic heterocycles. The average Bonchev–Trinajstić information content (AvgIpc) is 3.48. The Hall–Kier alpha value is -2.00. The lowest BCUT2D eigenvalue weighted by molar-refractivity contribution is 0.169. The van der Waals surface area contributed by atoms with E-state index in [4.69, 9.17) is 14.2 Å². The Balaban J connectivity index is 1.62. The van der Waals surface area contributed by atoms with Crippen molar-refractivity contribution >= 4 is 0 Å². The molecule has 2 aromatic carbocycles. The van der Waals surface area contributed by atoms with E-state index in [2.05, 4.69) is 30.3 Å². The number of hydrogen-bond acceptors (Lipinski definition) is 3. The topological polar surface area (TPSA) is 27.7 Å². The molecule has 0 heterocycles. The van der Waals surface area contributed by atoms with Crippen molar-refractivity contribution in [1.82, 2.24) is 0 Å². The standard InChI is InChI=1S/C22H28O3/c1-23-14-5-15-24-22-16-19(11-10-18-8-9-18)12-13-21(22)25-17-20-6-3-2-4-7-20/h2-4,6-7,12-13,16,18H,5,8-11,14-15,17H2,1H3. The van der Waals surface area contributed by atoms with E-state index in [1.165, 1.54) is 24.8 Å². The fourth-order valence-corrected chi connectivity index (χ4v) is 2.84. The van der Waals surface area contributed by atoms with Gasteiger partial charge in [-0.25, -0.2) is 0 Å². The lowest BCUT2D eigenvalue weighted by Crippen LogP contribution is -2.04. The molecule has 1 aliphatic rings. The van der Waals surface area contributed by atoms with Crippen LogP contribution in [0.5, 0.6) is 11.5 Å². The van der Waals surface area contributed by atoms with Crippen LogP contribution in [0, 0.1) is 5.92 Å². The predicted octanol–water partition coefficient (Wildman–Crippen LogP) is 5.02. The first-order valence-electron chi connectivity index (χ1n) is 9.26. The molecule has 0 spiro atoms. The first-order valence-corrected chi connectivity index (χ1v) is 9.26. The van der Waals surface area contributed by atoms with Crippen LogP contribution in [0.4, 0.5) is 0 Å². The lowest BCUT2D eigenvalue weighted by atomic mass is 10.1. The van der Waals surface area contributed by atoms with E-state index in [-0.39, 0.29) is 0 Å². The van der Waals surface area contributed by atoms with Gasteiger partial charge in [0.25, 0.3) is 0 Å². The molecule has 0 atom stereocenters. The van der Waals surface area contributed by atoms with Crippen molar-refractivity contribution in [3.05, 3.63) is 59.7 Å². The van der Waals surface area contributed by atoms with E-state index >= 15 is 0 Å². The summed E-state index contributed by atoms with van der Waals surface area (Å²) in [4.78, 5) is 0. The highest BCUT2D eigenvalue weighted by Gasteiger charge is 2.20. The van der Waals surface area contributed by atoms with Gasteiger partial charge in [0.2, 0.25) is 0 Å². The van der Waals surface area contributed by atoms with E-state index in [1.807, 2.05) is 18.2 Å². The molecule has 0 radical (unpaired) electrons. The molecule has 0 saturated heterocycles. The van der Waals surface area contributed by atoms with Crippen LogP contribution in [0.15, 0.2) is 48.5 Å². The number of aryl methyl sites for hydroxylation is 1. The molecular formula is C22H28O3. The van der Waals surface area contributed by atoms with Crippen LogP contribution < -0.4 is 9.47 Å². The van der Waals surface area contributed by atoms with Gasteiger partial charge in [0.05, 0.1) is 6.61 Å². The summed E-state index contributed by atoms with van der Waals surface area (Å²) in [5.41, 5.74) is 2.49. The highest BCUT2D eigenvalue weighted by molar-refractivity contribution is 5.43. The molecular weight excluding hydrogens is 312 g/mol. The lowest BCUT2D eigenvalue weighted by Gasteiger charge is -2.14. The van der Waals surface area contributed by atoms with Gasteiger partial charge in [0.1, 0.15) is 6.61 Å². The Kier molecular flexibility index (Phi) is 6.75. The molecule has 0 bridgehead atoms. The van der Waals surface area contributed by atoms with Crippen molar-refractivity contribution < 1.29 is 14.2 Å². The fourth-order valence-electron chi connectivity index (χ4n) is 2.84. The molecule has 2 aromatic rings. The van der Waals surface area contributed by atoms with E-state index < -0.39 is 0 Å². The second kappa shape index (κ2) is 9.47. The minimum Gasteiger partial charge on any atom is -0.490 e. The zero-order valence-corrected chi connectivity index (χ0v) is 15.1. The number of benzene rings is 2. The minimum atomic E-state index is 0.552. The van der Waals surface area contributed by atoms with Gasteiger partial charge in [-0.3, -0.25) is 0 Å². The quantitative estimate of drug-likeness (QED) is 0.537. The molecule has 3 nitrogen and oxygen atoms in total. The number of hydrogen-bond donors (Lipinski definition) is 0. The molecule has 3 heteroatoms. The van der Waals surface area contributed by atoms with Gasteiger partial charge in [0, 0.05) is 20.1 Å². The number of ether oxygens (including phenoxy) is 3. The van der Waals surface area contributed by atoms with Crippen molar-refractivity contribution in [2.75, 3.05) is 20.3 Å². The van der Waals surface area contributed by atoms with E-state index in [0.29, 0.717) is 19.8 Å². The zero-order valence-electron chi connectivity index (χ0n) is 15.1. The molecule has 25 heavy (non-hydrogen) atoms. The summed E-state index contributed by atoms with van der Waals surface area (Å²) in [5.74, 6) is 2.61. The molecule has 1 saturated carbocycles. The highest BCUT2D eigenvalue weighted by Crippen LogP contribution is 2.35. The third-order valence-electron chi connectivity index (χ3n) is 4.53. The van der Waals surface area contributed by atoms with E-state index in [0.717, 1.165) is 35.8 Å². The van der Waals surface area contributed by atoms with Crippen molar-refractivity contribution in [3.8, 4) is 11.5 Å². The van der Waals surface area contributed by atoms with Gasteiger partial charge >= 0.3 is 0 Å². The van der Waals surface area contributed by atoms with Crippen LogP contribution >= 0.6 is 0 Å². The first kappa shape index (κ1) is 17.8. The van der Waals surface area contributed by atoms with Crippen LogP contribution in [0.1, 0.15) is 36.8 Å². The highest BCUT2D eigenvalue weighted by atomic mass is 16.5. The van der Waals surface area contributed by atoms with Crippen molar-refractivity contribution in [2.45, 2.75) is 38.7 Å². The predicted molar refractivity (Wildman–Crippen MR) is 100 cm³/mol. The van der Waals surface area contributed by atoms with Gasteiger partial charge in [-0.1, -0.05) is 49.2 Å². The van der Waals surface area contributed by atoms with E-state index in [1.54, 1.807) is 7.11 Å². The maximum Gasteiger partial charge on any atom is 0.161 e. The largest absolute Gasteiger partial charge is 0.490 e. The monoisotopic (exact) mass is 340 g/mol. The molecule has 134 valence electrons. The van der Waals surface area contributed by atoms with Gasteiger partial charge < -0.3 is 14.2 Å². The first-order chi connectivity index (χ1) is 12.3. The SMILES string of the molecule is COCCCOc1cc(CCC2CC2)ccc1OCc1ccccc1. The summed E-state index contributed by atoms with van der Waals surface area (Å²) in [6.07, 6.45) is 6.09. The van der Waals surface area contributed by atoms with Gasteiger partial charge in [-0.2, -0.15) is 0 Å².